The van der Waals surface area contributed by atoms with Crippen LogP contribution in [-0.2, 0) is 6.54 Å². The highest BCUT2D eigenvalue weighted by molar-refractivity contribution is 5.46. The second kappa shape index (κ2) is 4.26. The fourth-order valence-corrected chi connectivity index (χ4v) is 3.18. The first-order valence-corrected chi connectivity index (χ1v) is 6.34. The molecule has 0 radical (unpaired) electrons. The minimum Gasteiger partial charge on any atom is -0.351 e. The SMILES string of the molecule is CNCc1ccnc(N2CC3CCC2C3)c1F. The molecule has 1 saturated heterocycles. The van der Waals surface area contributed by atoms with Gasteiger partial charge in [-0.05, 0) is 38.3 Å². The van der Waals surface area contributed by atoms with Crippen LogP contribution in [0.5, 0.6) is 0 Å². The molecule has 17 heavy (non-hydrogen) atoms. The van der Waals surface area contributed by atoms with E-state index in [1.54, 1.807) is 12.3 Å². The maximum atomic E-state index is 14.3. The van der Waals surface area contributed by atoms with Crippen molar-refractivity contribution in [1.82, 2.24) is 10.3 Å². The van der Waals surface area contributed by atoms with Crippen LogP contribution in [0, 0.1) is 11.7 Å². The van der Waals surface area contributed by atoms with Crippen LogP contribution in [0.25, 0.3) is 0 Å². The molecule has 1 aromatic rings. The van der Waals surface area contributed by atoms with Gasteiger partial charge in [0.25, 0.3) is 0 Å². The number of hydrogen-bond acceptors (Lipinski definition) is 3. The van der Waals surface area contributed by atoms with Crippen molar-refractivity contribution in [3.8, 4) is 0 Å². The highest BCUT2D eigenvalue weighted by Gasteiger charge is 2.39. The van der Waals surface area contributed by atoms with E-state index in [1.165, 1.54) is 19.3 Å². The summed E-state index contributed by atoms with van der Waals surface area (Å²) in [6.45, 7) is 1.54. The summed E-state index contributed by atoms with van der Waals surface area (Å²) >= 11 is 0. The van der Waals surface area contributed by atoms with Gasteiger partial charge in [-0.25, -0.2) is 9.37 Å². The van der Waals surface area contributed by atoms with E-state index in [2.05, 4.69) is 15.2 Å². The van der Waals surface area contributed by atoms with Crippen molar-refractivity contribution in [2.45, 2.75) is 31.8 Å². The highest BCUT2D eigenvalue weighted by Crippen LogP contribution is 2.40. The molecule has 2 heterocycles. The van der Waals surface area contributed by atoms with Crippen LogP contribution in [0.15, 0.2) is 12.3 Å². The minimum absolute atomic E-state index is 0.144. The molecule has 0 amide bonds. The molecule has 1 aliphatic carbocycles. The Morgan fingerprint density at radius 1 is 1.53 bits per heavy atom. The van der Waals surface area contributed by atoms with E-state index in [0.717, 1.165) is 12.5 Å². The summed E-state index contributed by atoms with van der Waals surface area (Å²) in [5.41, 5.74) is 0.709. The van der Waals surface area contributed by atoms with Crippen molar-refractivity contribution in [2.75, 3.05) is 18.5 Å². The Hall–Kier alpha value is -1.16. The Bertz CT molecular complexity index is 421. The van der Waals surface area contributed by atoms with E-state index in [4.69, 9.17) is 0 Å². The molecule has 2 fully saturated rings. The van der Waals surface area contributed by atoms with Crippen LogP contribution in [0.2, 0.25) is 0 Å². The van der Waals surface area contributed by atoms with Gasteiger partial charge < -0.3 is 10.2 Å². The third-order valence-corrected chi connectivity index (χ3v) is 4.00. The van der Waals surface area contributed by atoms with Gasteiger partial charge in [0.05, 0.1) is 0 Å². The van der Waals surface area contributed by atoms with Crippen molar-refractivity contribution in [2.24, 2.45) is 5.92 Å². The third-order valence-electron chi connectivity index (χ3n) is 4.00. The number of aromatic nitrogens is 1. The fraction of sp³-hybridized carbons (Fsp3) is 0.615. The Balaban J connectivity index is 1.90. The number of rotatable bonds is 3. The first kappa shape index (κ1) is 11.0. The Morgan fingerprint density at radius 3 is 3.06 bits per heavy atom. The fourth-order valence-electron chi connectivity index (χ4n) is 3.18. The van der Waals surface area contributed by atoms with Gasteiger partial charge in [-0.2, -0.15) is 0 Å². The van der Waals surface area contributed by atoms with Crippen LogP contribution in [-0.4, -0.2) is 24.6 Å². The molecule has 3 rings (SSSR count). The maximum absolute atomic E-state index is 14.3. The van der Waals surface area contributed by atoms with Gasteiger partial charge in [0.2, 0.25) is 0 Å². The summed E-state index contributed by atoms with van der Waals surface area (Å²) in [7, 11) is 1.83. The minimum atomic E-state index is -0.144. The molecular weight excluding hydrogens is 217 g/mol. The van der Waals surface area contributed by atoms with Crippen molar-refractivity contribution in [3.05, 3.63) is 23.6 Å². The summed E-state index contributed by atoms with van der Waals surface area (Å²) < 4.78 is 14.3. The molecule has 1 aromatic heterocycles. The molecule has 2 bridgehead atoms. The van der Waals surface area contributed by atoms with E-state index >= 15 is 0 Å². The predicted molar refractivity (Wildman–Crippen MR) is 65.4 cm³/mol. The summed E-state index contributed by atoms with van der Waals surface area (Å²) in [4.78, 5) is 6.41. The highest BCUT2D eigenvalue weighted by atomic mass is 19.1. The molecule has 1 saturated carbocycles. The topological polar surface area (TPSA) is 28.2 Å². The second-order valence-electron chi connectivity index (χ2n) is 5.12. The first-order valence-electron chi connectivity index (χ1n) is 6.34. The van der Waals surface area contributed by atoms with E-state index in [9.17, 15) is 4.39 Å². The van der Waals surface area contributed by atoms with Crippen LogP contribution in [0.4, 0.5) is 10.2 Å². The van der Waals surface area contributed by atoms with Crippen molar-refractivity contribution in [3.63, 3.8) is 0 Å². The van der Waals surface area contributed by atoms with Crippen molar-refractivity contribution < 1.29 is 4.39 Å². The predicted octanol–water partition coefficient (Wildman–Crippen LogP) is 1.93. The number of hydrogen-bond donors (Lipinski definition) is 1. The zero-order valence-corrected chi connectivity index (χ0v) is 10.1. The number of fused-ring (bicyclic) bond motifs is 2. The van der Waals surface area contributed by atoms with Gasteiger partial charge in [-0.15, -0.1) is 0 Å². The molecule has 2 aliphatic rings. The maximum Gasteiger partial charge on any atom is 0.170 e. The van der Waals surface area contributed by atoms with Gasteiger partial charge in [-0.3, -0.25) is 0 Å². The summed E-state index contributed by atoms with van der Waals surface area (Å²) in [6, 6.07) is 2.27. The lowest BCUT2D eigenvalue weighted by atomic mass is 10.1. The van der Waals surface area contributed by atoms with Gasteiger partial charge in [0.1, 0.15) is 0 Å². The normalized spacial score (nSPS) is 26.8. The van der Waals surface area contributed by atoms with E-state index in [-0.39, 0.29) is 5.82 Å². The smallest absolute Gasteiger partial charge is 0.170 e. The largest absolute Gasteiger partial charge is 0.351 e. The van der Waals surface area contributed by atoms with Gasteiger partial charge in [0, 0.05) is 30.9 Å². The molecule has 0 spiro atoms. The molecule has 1 aliphatic heterocycles. The molecular formula is C13H18FN3. The monoisotopic (exact) mass is 235 g/mol. The Labute approximate surface area is 101 Å². The zero-order valence-electron chi connectivity index (χ0n) is 10.1. The number of halogens is 1. The number of anilines is 1. The van der Waals surface area contributed by atoms with E-state index in [1.807, 2.05) is 7.05 Å². The van der Waals surface area contributed by atoms with Crippen LogP contribution in [0.3, 0.4) is 0 Å². The van der Waals surface area contributed by atoms with Crippen LogP contribution < -0.4 is 10.2 Å². The van der Waals surface area contributed by atoms with Gasteiger partial charge >= 0.3 is 0 Å². The van der Waals surface area contributed by atoms with Crippen molar-refractivity contribution in [1.29, 1.82) is 0 Å². The van der Waals surface area contributed by atoms with Gasteiger partial charge in [0.15, 0.2) is 11.6 Å². The lowest BCUT2D eigenvalue weighted by Crippen LogP contribution is -2.33. The quantitative estimate of drug-likeness (QED) is 0.867. The molecule has 4 heteroatoms. The standard InChI is InChI=1S/C13H18FN3/c1-15-7-10-4-5-16-13(12(10)14)17-8-9-2-3-11(17)6-9/h4-5,9,11,15H,2-3,6-8H2,1H3. The lowest BCUT2D eigenvalue weighted by molar-refractivity contribution is 0.529. The molecule has 0 aromatic carbocycles. The summed E-state index contributed by atoms with van der Waals surface area (Å²) in [5, 5.41) is 2.99. The second-order valence-corrected chi connectivity index (χ2v) is 5.12. The average molecular weight is 235 g/mol. The number of nitrogens with zero attached hydrogens (tertiary/aromatic N) is 2. The summed E-state index contributed by atoms with van der Waals surface area (Å²) in [5.74, 6) is 1.17. The lowest BCUT2D eigenvalue weighted by Gasteiger charge is -2.28. The van der Waals surface area contributed by atoms with Crippen LogP contribution >= 0.6 is 0 Å². The average Bonchev–Trinajstić information content (AvgIpc) is 2.94. The van der Waals surface area contributed by atoms with E-state index < -0.39 is 0 Å². The Kier molecular flexibility index (Phi) is 2.74. The Morgan fingerprint density at radius 2 is 2.41 bits per heavy atom. The molecule has 92 valence electrons. The molecule has 2 atom stereocenters. The number of nitrogens with one attached hydrogen (secondary N) is 1. The van der Waals surface area contributed by atoms with E-state index in [0.29, 0.717) is 24.0 Å². The molecule has 3 nitrogen and oxygen atoms in total. The van der Waals surface area contributed by atoms with Gasteiger partial charge in [-0.1, -0.05) is 0 Å². The number of pyridine rings is 1. The molecule has 1 N–H and O–H groups in total. The molecule has 2 unspecified atom stereocenters. The zero-order chi connectivity index (χ0) is 11.8. The first-order chi connectivity index (χ1) is 8.29. The summed E-state index contributed by atoms with van der Waals surface area (Å²) in [6.07, 6.45) is 5.44. The third kappa shape index (κ3) is 1.80. The van der Waals surface area contributed by atoms with Crippen LogP contribution in [0.1, 0.15) is 24.8 Å². The number of piperidine rings is 1. The van der Waals surface area contributed by atoms with Crippen molar-refractivity contribution >= 4 is 5.82 Å².